The van der Waals surface area contributed by atoms with E-state index in [2.05, 4.69) is 22.3 Å². The van der Waals surface area contributed by atoms with Crippen molar-refractivity contribution in [1.29, 1.82) is 0 Å². The highest BCUT2D eigenvalue weighted by Gasteiger charge is 2.30. The van der Waals surface area contributed by atoms with E-state index in [-0.39, 0.29) is 17.9 Å². The summed E-state index contributed by atoms with van der Waals surface area (Å²) in [6.07, 6.45) is 4.21. The van der Waals surface area contributed by atoms with Crippen LogP contribution < -0.4 is 5.32 Å². The Balaban J connectivity index is 1.65. The maximum Gasteiger partial charge on any atom is 0.226 e. The molecule has 1 aromatic carbocycles. The first-order valence-electron chi connectivity index (χ1n) is 8.13. The van der Waals surface area contributed by atoms with E-state index in [1.165, 1.54) is 6.33 Å². The van der Waals surface area contributed by atoms with Crippen LogP contribution in [0.1, 0.15) is 32.0 Å². The molecule has 2 heterocycles. The monoisotopic (exact) mass is 314 g/mol. The van der Waals surface area contributed by atoms with E-state index in [1.54, 1.807) is 4.68 Å². The van der Waals surface area contributed by atoms with E-state index in [9.17, 15) is 4.79 Å². The Bertz CT molecular complexity index is 641. The fourth-order valence-electron chi connectivity index (χ4n) is 3.01. The minimum absolute atomic E-state index is 0.0238. The summed E-state index contributed by atoms with van der Waals surface area (Å²) in [5.41, 5.74) is 0.932. The van der Waals surface area contributed by atoms with Crippen molar-refractivity contribution in [2.24, 2.45) is 5.92 Å². The van der Waals surface area contributed by atoms with Crippen molar-refractivity contribution in [2.75, 3.05) is 6.61 Å². The lowest BCUT2D eigenvalue weighted by Crippen LogP contribution is -2.41. The first-order valence-corrected chi connectivity index (χ1v) is 8.13. The number of hydrogen-bond acceptors (Lipinski definition) is 4. The second-order valence-electron chi connectivity index (χ2n) is 5.71. The van der Waals surface area contributed by atoms with Crippen LogP contribution in [0.15, 0.2) is 36.7 Å². The Hall–Kier alpha value is -2.21. The molecule has 1 aliphatic heterocycles. The van der Waals surface area contributed by atoms with Gasteiger partial charge >= 0.3 is 0 Å². The highest BCUT2D eigenvalue weighted by molar-refractivity contribution is 5.79. The third-order valence-corrected chi connectivity index (χ3v) is 4.22. The van der Waals surface area contributed by atoms with Crippen LogP contribution in [-0.4, -0.2) is 33.4 Å². The van der Waals surface area contributed by atoms with Gasteiger partial charge in [0.15, 0.2) is 5.82 Å². The summed E-state index contributed by atoms with van der Waals surface area (Å²) < 4.78 is 7.44. The number of rotatable bonds is 5. The molecule has 1 amide bonds. The Morgan fingerprint density at radius 3 is 3.00 bits per heavy atom. The second kappa shape index (κ2) is 7.37. The molecule has 1 fully saturated rings. The van der Waals surface area contributed by atoms with Crippen molar-refractivity contribution in [3.05, 3.63) is 42.5 Å². The van der Waals surface area contributed by atoms with E-state index in [0.717, 1.165) is 31.6 Å². The van der Waals surface area contributed by atoms with Crippen molar-refractivity contribution in [1.82, 2.24) is 20.1 Å². The summed E-state index contributed by atoms with van der Waals surface area (Å²) in [4.78, 5) is 16.7. The number of para-hydroxylation sites is 1. The van der Waals surface area contributed by atoms with Crippen LogP contribution in [0, 0.1) is 5.92 Å². The van der Waals surface area contributed by atoms with Crippen molar-refractivity contribution in [2.45, 2.75) is 38.8 Å². The number of nitrogens with zero attached hydrogens (tertiary/aromatic N) is 3. The van der Waals surface area contributed by atoms with Crippen LogP contribution >= 0.6 is 0 Å². The van der Waals surface area contributed by atoms with Crippen LogP contribution in [-0.2, 0) is 16.1 Å². The van der Waals surface area contributed by atoms with Gasteiger partial charge < -0.3 is 10.1 Å². The van der Waals surface area contributed by atoms with Gasteiger partial charge in [0.2, 0.25) is 5.91 Å². The molecule has 0 unspecified atom stereocenters. The molecule has 1 N–H and O–H groups in total. The minimum Gasteiger partial charge on any atom is -0.377 e. The number of aromatic nitrogens is 3. The van der Waals surface area contributed by atoms with Gasteiger partial charge in [0.05, 0.1) is 24.3 Å². The Kier molecular flexibility index (Phi) is 5.02. The van der Waals surface area contributed by atoms with E-state index in [4.69, 9.17) is 4.74 Å². The van der Waals surface area contributed by atoms with Crippen LogP contribution in [0.3, 0.4) is 0 Å². The number of hydrogen-bond donors (Lipinski definition) is 1. The highest BCUT2D eigenvalue weighted by atomic mass is 16.5. The molecule has 6 nitrogen and oxygen atoms in total. The van der Waals surface area contributed by atoms with Gasteiger partial charge in [0, 0.05) is 6.61 Å². The van der Waals surface area contributed by atoms with Gasteiger partial charge in [-0.15, -0.1) is 0 Å². The molecule has 0 bridgehead atoms. The molecule has 1 aliphatic rings. The molecule has 1 aromatic heterocycles. The maximum atomic E-state index is 12.5. The van der Waals surface area contributed by atoms with Crippen LogP contribution in [0.5, 0.6) is 0 Å². The first kappa shape index (κ1) is 15.7. The van der Waals surface area contributed by atoms with E-state index in [1.807, 2.05) is 30.3 Å². The minimum atomic E-state index is -0.0677. The van der Waals surface area contributed by atoms with Gasteiger partial charge in [0.1, 0.15) is 6.33 Å². The fourth-order valence-corrected chi connectivity index (χ4v) is 3.01. The largest absolute Gasteiger partial charge is 0.377 e. The Labute approximate surface area is 135 Å². The standard InChI is InChI=1S/C17H22N4O2/c1-2-15-14(9-6-10-23-15)17(22)18-11-16-19-12-20-21(16)13-7-4-3-5-8-13/h3-5,7-8,12,14-15H,2,6,9-11H2,1H3,(H,18,22)/t14-,15+/m0/s1. The van der Waals surface area contributed by atoms with Crippen molar-refractivity contribution < 1.29 is 9.53 Å². The molecule has 122 valence electrons. The van der Waals surface area contributed by atoms with Gasteiger partial charge in [-0.2, -0.15) is 5.10 Å². The van der Waals surface area contributed by atoms with Crippen LogP contribution in [0.2, 0.25) is 0 Å². The molecule has 6 heteroatoms. The zero-order valence-electron chi connectivity index (χ0n) is 13.3. The van der Waals surface area contributed by atoms with Gasteiger partial charge in [-0.3, -0.25) is 4.79 Å². The number of nitrogens with one attached hydrogen (secondary N) is 1. The summed E-state index contributed by atoms with van der Waals surface area (Å²) in [6.45, 7) is 3.17. The smallest absolute Gasteiger partial charge is 0.226 e. The van der Waals surface area contributed by atoms with Crippen molar-refractivity contribution in [3.63, 3.8) is 0 Å². The maximum absolute atomic E-state index is 12.5. The van der Waals surface area contributed by atoms with Crippen LogP contribution in [0.25, 0.3) is 5.69 Å². The van der Waals surface area contributed by atoms with Gasteiger partial charge in [-0.25, -0.2) is 9.67 Å². The number of carbonyl (C=O) groups excluding carboxylic acids is 1. The number of amides is 1. The predicted octanol–water partition coefficient (Wildman–Crippen LogP) is 2.09. The van der Waals surface area contributed by atoms with E-state index >= 15 is 0 Å². The quantitative estimate of drug-likeness (QED) is 0.917. The lowest BCUT2D eigenvalue weighted by atomic mass is 9.92. The zero-order chi connectivity index (χ0) is 16.1. The molecule has 0 aliphatic carbocycles. The average molecular weight is 314 g/mol. The first-order chi connectivity index (χ1) is 11.3. The zero-order valence-corrected chi connectivity index (χ0v) is 13.3. The molecule has 2 aromatic rings. The Morgan fingerprint density at radius 1 is 1.39 bits per heavy atom. The number of carbonyl (C=O) groups is 1. The molecule has 0 saturated carbocycles. The molecule has 23 heavy (non-hydrogen) atoms. The summed E-state index contributed by atoms with van der Waals surface area (Å²) in [5, 5.41) is 7.22. The molecule has 3 rings (SSSR count). The van der Waals surface area contributed by atoms with Crippen molar-refractivity contribution >= 4 is 5.91 Å². The summed E-state index contributed by atoms with van der Waals surface area (Å²) in [6, 6.07) is 9.77. The van der Waals surface area contributed by atoms with E-state index in [0.29, 0.717) is 12.4 Å². The van der Waals surface area contributed by atoms with Gasteiger partial charge in [0.25, 0.3) is 0 Å². The van der Waals surface area contributed by atoms with Gasteiger partial charge in [-0.05, 0) is 31.4 Å². The lowest BCUT2D eigenvalue weighted by Gasteiger charge is -2.30. The molecule has 0 radical (unpaired) electrons. The van der Waals surface area contributed by atoms with Crippen molar-refractivity contribution in [3.8, 4) is 5.69 Å². The Morgan fingerprint density at radius 2 is 2.22 bits per heavy atom. The normalized spacial score (nSPS) is 21.1. The van der Waals surface area contributed by atoms with Crippen LogP contribution in [0.4, 0.5) is 0 Å². The number of benzene rings is 1. The lowest BCUT2D eigenvalue weighted by molar-refractivity contribution is -0.134. The van der Waals surface area contributed by atoms with Gasteiger partial charge in [-0.1, -0.05) is 25.1 Å². The molecular formula is C17H22N4O2. The summed E-state index contributed by atoms with van der Waals surface area (Å²) >= 11 is 0. The van der Waals surface area contributed by atoms with E-state index < -0.39 is 0 Å². The average Bonchev–Trinajstić information content (AvgIpc) is 3.09. The summed E-state index contributed by atoms with van der Waals surface area (Å²) in [5.74, 6) is 0.690. The molecular weight excluding hydrogens is 292 g/mol. The molecule has 2 atom stereocenters. The molecule has 1 saturated heterocycles. The SMILES string of the molecule is CC[C@H]1OCCC[C@@H]1C(=O)NCc1ncnn1-c1ccccc1. The predicted molar refractivity (Wildman–Crippen MR) is 86.0 cm³/mol. The third-order valence-electron chi connectivity index (χ3n) is 4.22. The second-order valence-corrected chi connectivity index (χ2v) is 5.71. The fraction of sp³-hybridized carbons (Fsp3) is 0.471. The third kappa shape index (κ3) is 3.59. The summed E-state index contributed by atoms with van der Waals surface area (Å²) in [7, 11) is 0. The topological polar surface area (TPSA) is 69.0 Å². The molecule has 0 spiro atoms. The highest BCUT2D eigenvalue weighted by Crippen LogP contribution is 2.23. The number of ether oxygens (including phenoxy) is 1.